The van der Waals surface area contributed by atoms with Crippen LogP contribution >= 0.6 is 0 Å². The molecule has 2 aliphatic heterocycles. The third-order valence-electron chi connectivity index (χ3n) is 5.90. The number of guanidine groups is 1. The van der Waals surface area contributed by atoms with Crippen molar-refractivity contribution in [3.63, 3.8) is 0 Å². The second-order valence-corrected chi connectivity index (χ2v) is 8.11. The number of aromatic nitrogens is 1. The van der Waals surface area contributed by atoms with Gasteiger partial charge in [0.1, 0.15) is 5.82 Å². The van der Waals surface area contributed by atoms with Gasteiger partial charge in [0.2, 0.25) is 0 Å². The first-order chi connectivity index (χ1) is 14.1. The van der Waals surface area contributed by atoms with Gasteiger partial charge in [0.05, 0.1) is 19.6 Å². The number of esters is 1. The van der Waals surface area contributed by atoms with Crippen LogP contribution in [-0.4, -0.2) is 61.6 Å². The highest BCUT2D eigenvalue weighted by atomic mass is 16.5. The summed E-state index contributed by atoms with van der Waals surface area (Å²) in [7, 11) is 1.46. The van der Waals surface area contributed by atoms with Crippen LogP contribution in [0.1, 0.15) is 45.1 Å². The average Bonchev–Trinajstić information content (AvgIpc) is 2.94. The molecule has 0 bridgehead atoms. The summed E-state index contributed by atoms with van der Waals surface area (Å²) in [6.07, 6.45) is 7.09. The molecular weight excluding hydrogens is 366 g/mol. The minimum absolute atomic E-state index is 0.0987. The van der Waals surface area contributed by atoms with Gasteiger partial charge in [-0.2, -0.15) is 0 Å². The second kappa shape index (κ2) is 10.5. The third kappa shape index (κ3) is 5.61. The van der Waals surface area contributed by atoms with E-state index in [0.717, 1.165) is 43.5 Å². The van der Waals surface area contributed by atoms with Gasteiger partial charge in [-0.15, -0.1) is 0 Å². The maximum Gasteiger partial charge on any atom is 0.310 e. The van der Waals surface area contributed by atoms with Crippen LogP contribution in [-0.2, 0) is 16.1 Å². The fourth-order valence-electron chi connectivity index (χ4n) is 4.19. The molecule has 0 spiro atoms. The lowest BCUT2D eigenvalue weighted by atomic mass is 9.99. The first kappa shape index (κ1) is 21.4. The standard InChI is InChI=1S/C22H35N5O2/c1-4-23-22(27-15-17(2)19(16-27)21(28)29-3)25-14-18-9-10-20(24-13-18)26-11-7-5-6-8-12-26/h9-10,13,17,19H,4-8,11-12,14-16H2,1-3H3,(H,23,25). The zero-order valence-corrected chi connectivity index (χ0v) is 18.1. The lowest BCUT2D eigenvalue weighted by Gasteiger charge is -2.22. The third-order valence-corrected chi connectivity index (χ3v) is 5.90. The molecule has 3 rings (SSSR count). The van der Waals surface area contributed by atoms with Crippen molar-refractivity contribution in [2.45, 2.75) is 46.1 Å². The highest BCUT2D eigenvalue weighted by molar-refractivity contribution is 5.82. The van der Waals surface area contributed by atoms with Gasteiger partial charge in [-0.1, -0.05) is 25.8 Å². The number of carbonyl (C=O) groups excluding carboxylic acids is 1. The smallest absolute Gasteiger partial charge is 0.310 e. The molecule has 0 saturated carbocycles. The number of methoxy groups -OCH3 is 1. The van der Waals surface area contributed by atoms with E-state index >= 15 is 0 Å². The van der Waals surface area contributed by atoms with E-state index in [4.69, 9.17) is 9.73 Å². The summed E-state index contributed by atoms with van der Waals surface area (Å²) in [6, 6.07) is 4.25. The molecule has 2 aliphatic rings. The number of carbonyl (C=O) groups is 1. The quantitative estimate of drug-likeness (QED) is 0.465. The minimum Gasteiger partial charge on any atom is -0.469 e. The Morgan fingerprint density at radius 1 is 1.24 bits per heavy atom. The van der Waals surface area contributed by atoms with Gasteiger partial charge >= 0.3 is 5.97 Å². The van der Waals surface area contributed by atoms with Gasteiger partial charge in [-0.05, 0) is 37.3 Å². The number of rotatable bonds is 5. The molecule has 2 saturated heterocycles. The number of likely N-dealkylation sites (tertiary alicyclic amines) is 1. The van der Waals surface area contributed by atoms with Crippen molar-refractivity contribution in [2.24, 2.45) is 16.8 Å². The monoisotopic (exact) mass is 401 g/mol. The predicted octanol–water partition coefficient (Wildman–Crippen LogP) is 2.67. The SMILES string of the molecule is CCNC(=NCc1ccc(N2CCCCCC2)nc1)N1CC(C)C(C(=O)OC)C1. The Kier molecular flexibility index (Phi) is 7.72. The maximum absolute atomic E-state index is 12.0. The Morgan fingerprint density at radius 2 is 2.00 bits per heavy atom. The normalized spacial score (nSPS) is 23.1. The fourth-order valence-corrected chi connectivity index (χ4v) is 4.19. The summed E-state index contributed by atoms with van der Waals surface area (Å²) >= 11 is 0. The first-order valence-electron chi connectivity index (χ1n) is 10.9. The summed E-state index contributed by atoms with van der Waals surface area (Å²) in [5.41, 5.74) is 1.09. The molecular formula is C22H35N5O2. The first-order valence-corrected chi connectivity index (χ1v) is 10.9. The van der Waals surface area contributed by atoms with E-state index in [0.29, 0.717) is 13.1 Å². The van der Waals surface area contributed by atoms with Crippen molar-refractivity contribution in [3.8, 4) is 0 Å². The highest BCUT2D eigenvalue weighted by Gasteiger charge is 2.36. The van der Waals surface area contributed by atoms with Crippen LogP contribution in [0.15, 0.2) is 23.3 Å². The Hall–Kier alpha value is -2.31. The Labute approximate surface area is 174 Å². The maximum atomic E-state index is 12.0. The largest absolute Gasteiger partial charge is 0.469 e. The van der Waals surface area contributed by atoms with E-state index in [9.17, 15) is 4.79 Å². The summed E-state index contributed by atoms with van der Waals surface area (Å²) in [6.45, 7) is 9.17. The summed E-state index contributed by atoms with van der Waals surface area (Å²) < 4.78 is 4.95. The van der Waals surface area contributed by atoms with E-state index < -0.39 is 0 Å². The molecule has 1 aromatic heterocycles. The minimum atomic E-state index is -0.135. The van der Waals surface area contributed by atoms with Crippen molar-refractivity contribution in [1.29, 1.82) is 0 Å². The molecule has 0 amide bonds. The van der Waals surface area contributed by atoms with Crippen molar-refractivity contribution >= 4 is 17.7 Å². The zero-order valence-electron chi connectivity index (χ0n) is 18.1. The van der Waals surface area contributed by atoms with Gasteiger partial charge in [0.25, 0.3) is 0 Å². The van der Waals surface area contributed by atoms with E-state index in [2.05, 4.69) is 46.1 Å². The van der Waals surface area contributed by atoms with Crippen LogP contribution in [0.25, 0.3) is 0 Å². The van der Waals surface area contributed by atoms with Gasteiger partial charge in [0, 0.05) is 38.9 Å². The Bertz CT molecular complexity index is 683. The van der Waals surface area contributed by atoms with Crippen molar-refractivity contribution in [1.82, 2.24) is 15.2 Å². The summed E-state index contributed by atoms with van der Waals surface area (Å²) in [4.78, 5) is 26.0. The van der Waals surface area contributed by atoms with E-state index in [-0.39, 0.29) is 17.8 Å². The van der Waals surface area contributed by atoms with Crippen LogP contribution in [0.4, 0.5) is 5.82 Å². The molecule has 0 aromatic carbocycles. The molecule has 0 radical (unpaired) electrons. The Morgan fingerprint density at radius 3 is 2.62 bits per heavy atom. The van der Waals surface area contributed by atoms with Gasteiger partial charge in [-0.3, -0.25) is 4.79 Å². The van der Waals surface area contributed by atoms with Crippen molar-refractivity contribution in [3.05, 3.63) is 23.9 Å². The van der Waals surface area contributed by atoms with Crippen molar-refractivity contribution in [2.75, 3.05) is 44.7 Å². The van der Waals surface area contributed by atoms with Crippen molar-refractivity contribution < 1.29 is 9.53 Å². The molecule has 2 atom stereocenters. The van der Waals surface area contributed by atoms with E-state index in [1.165, 1.54) is 32.8 Å². The Balaban J connectivity index is 1.63. The predicted molar refractivity (Wildman–Crippen MR) is 116 cm³/mol. The van der Waals surface area contributed by atoms with Crippen LogP contribution in [0.5, 0.6) is 0 Å². The fraction of sp³-hybridized carbons (Fsp3) is 0.682. The molecule has 1 N–H and O–H groups in total. The second-order valence-electron chi connectivity index (χ2n) is 8.11. The number of anilines is 1. The van der Waals surface area contributed by atoms with Gasteiger partial charge in [0.15, 0.2) is 5.96 Å². The van der Waals surface area contributed by atoms with E-state index in [1.807, 2.05) is 6.20 Å². The van der Waals surface area contributed by atoms with Crippen LogP contribution in [0.3, 0.4) is 0 Å². The number of nitrogens with one attached hydrogen (secondary N) is 1. The van der Waals surface area contributed by atoms with E-state index in [1.54, 1.807) is 0 Å². The number of nitrogens with zero attached hydrogens (tertiary/aromatic N) is 4. The topological polar surface area (TPSA) is 70.1 Å². The molecule has 7 nitrogen and oxygen atoms in total. The molecule has 7 heteroatoms. The number of pyridine rings is 1. The molecule has 29 heavy (non-hydrogen) atoms. The average molecular weight is 402 g/mol. The van der Waals surface area contributed by atoms with Gasteiger partial charge < -0.3 is 19.9 Å². The lowest BCUT2D eigenvalue weighted by Crippen LogP contribution is -2.40. The molecule has 2 fully saturated rings. The van der Waals surface area contributed by atoms with Crippen LogP contribution < -0.4 is 10.2 Å². The lowest BCUT2D eigenvalue weighted by molar-refractivity contribution is -0.145. The molecule has 3 heterocycles. The number of hydrogen-bond acceptors (Lipinski definition) is 5. The molecule has 1 aromatic rings. The van der Waals surface area contributed by atoms with Gasteiger partial charge in [-0.25, -0.2) is 9.98 Å². The zero-order chi connectivity index (χ0) is 20.6. The summed E-state index contributed by atoms with van der Waals surface area (Å²) in [5, 5.41) is 3.36. The number of hydrogen-bond donors (Lipinski definition) is 1. The van der Waals surface area contributed by atoms with Crippen LogP contribution in [0, 0.1) is 11.8 Å². The number of aliphatic imine (C=N–C) groups is 1. The molecule has 160 valence electrons. The molecule has 2 unspecified atom stereocenters. The number of ether oxygens (including phenoxy) is 1. The van der Waals surface area contributed by atoms with Crippen LogP contribution in [0.2, 0.25) is 0 Å². The molecule has 0 aliphatic carbocycles. The highest BCUT2D eigenvalue weighted by Crippen LogP contribution is 2.24. The summed E-state index contributed by atoms with van der Waals surface area (Å²) in [5.74, 6) is 1.94.